The molecule has 194 valence electrons. The van der Waals surface area contributed by atoms with E-state index < -0.39 is 76.4 Å². The zero-order valence-electron chi connectivity index (χ0n) is 20.4. The third kappa shape index (κ3) is 3.55. The van der Waals surface area contributed by atoms with E-state index in [0.29, 0.717) is 11.3 Å². The summed E-state index contributed by atoms with van der Waals surface area (Å²) in [5.41, 5.74) is 2.69. The van der Waals surface area contributed by atoms with E-state index in [-0.39, 0.29) is 16.6 Å². The van der Waals surface area contributed by atoms with Crippen LogP contribution in [0.15, 0.2) is 18.2 Å². The molecule has 4 unspecified atom stereocenters. The van der Waals surface area contributed by atoms with Crippen LogP contribution in [0.4, 0.5) is 0 Å². The minimum atomic E-state index is -2.99. The SMILES string of the molecule is CC(C)SC[C@H]1c2cccc(O)c2C(=O)C2C(=O)[C@]3(O)C(=O)C(C(N)=O)C(=O)[C@@H](N(C)C)C3[C@@H](O)C21. The van der Waals surface area contributed by atoms with Crippen LogP contribution in [0.3, 0.4) is 0 Å². The van der Waals surface area contributed by atoms with E-state index in [1.54, 1.807) is 12.1 Å². The third-order valence-corrected chi connectivity index (χ3v) is 8.98. The van der Waals surface area contributed by atoms with E-state index in [4.69, 9.17) is 5.73 Å². The summed E-state index contributed by atoms with van der Waals surface area (Å²) >= 11 is 1.53. The van der Waals surface area contributed by atoms with Crippen molar-refractivity contribution in [2.24, 2.45) is 29.4 Å². The molecular weight excluding hydrogens is 488 g/mol. The number of hydrogen-bond acceptors (Lipinski definition) is 10. The molecule has 11 heteroatoms. The zero-order valence-corrected chi connectivity index (χ0v) is 21.2. The molecule has 10 nitrogen and oxygen atoms in total. The van der Waals surface area contributed by atoms with Crippen LogP contribution in [0.5, 0.6) is 5.75 Å². The Labute approximate surface area is 212 Å². The Morgan fingerprint density at radius 2 is 1.81 bits per heavy atom. The lowest BCUT2D eigenvalue weighted by atomic mass is 9.49. The molecule has 0 aromatic heterocycles. The number of nitrogens with two attached hydrogens (primary N) is 1. The van der Waals surface area contributed by atoms with Crippen LogP contribution in [-0.2, 0) is 19.2 Å². The number of nitrogens with zero attached hydrogens (tertiary/aromatic N) is 1. The van der Waals surface area contributed by atoms with Crippen molar-refractivity contribution in [2.45, 2.75) is 42.8 Å². The van der Waals surface area contributed by atoms with E-state index in [0.717, 1.165) is 0 Å². The largest absolute Gasteiger partial charge is 0.507 e. The number of aliphatic hydroxyl groups excluding tert-OH is 1. The average Bonchev–Trinajstić information content (AvgIpc) is 2.78. The Hall–Kier alpha value is -2.60. The fourth-order valence-corrected chi connectivity index (χ4v) is 7.26. The fourth-order valence-electron chi connectivity index (χ4n) is 6.26. The lowest BCUT2D eigenvalue weighted by Crippen LogP contribution is -2.77. The van der Waals surface area contributed by atoms with Gasteiger partial charge in [-0.3, -0.25) is 28.9 Å². The lowest BCUT2D eigenvalue weighted by Gasteiger charge is -2.56. The van der Waals surface area contributed by atoms with Crippen LogP contribution >= 0.6 is 11.8 Å². The van der Waals surface area contributed by atoms with Gasteiger partial charge in [0.05, 0.1) is 29.5 Å². The van der Waals surface area contributed by atoms with E-state index in [9.17, 15) is 39.3 Å². The molecule has 1 aromatic rings. The summed E-state index contributed by atoms with van der Waals surface area (Å²) in [6.45, 7) is 3.93. The Balaban J connectivity index is 1.96. The highest BCUT2D eigenvalue weighted by molar-refractivity contribution is 7.99. The second kappa shape index (κ2) is 9.05. The van der Waals surface area contributed by atoms with Crippen LogP contribution in [0.25, 0.3) is 0 Å². The van der Waals surface area contributed by atoms with Crippen molar-refractivity contribution in [3.8, 4) is 5.75 Å². The van der Waals surface area contributed by atoms with Gasteiger partial charge in [0.2, 0.25) is 5.91 Å². The van der Waals surface area contributed by atoms with Gasteiger partial charge in [0.15, 0.2) is 34.7 Å². The summed E-state index contributed by atoms with van der Waals surface area (Å²) in [5, 5.41) is 34.1. The predicted octanol–water partition coefficient (Wildman–Crippen LogP) is -0.479. The first-order valence-corrected chi connectivity index (χ1v) is 12.8. The van der Waals surface area contributed by atoms with Gasteiger partial charge in [0.1, 0.15) is 5.75 Å². The number of carbonyl (C=O) groups is 5. The summed E-state index contributed by atoms with van der Waals surface area (Å²) in [6, 6.07) is 3.14. The molecule has 0 heterocycles. The lowest BCUT2D eigenvalue weighted by molar-refractivity contribution is -0.196. The van der Waals surface area contributed by atoms with Gasteiger partial charge in [0.25, 0.3) is 0 Å². The molecule has 2 fully saturated rings. The van der Waals surface area contributed by atoms with E-state index in [2.05, 4.69) is 0 Å². The molecule has 0 radical (unpaired) electrons. The first-order chi connectivity index (χ1) is 16.8. The molecule has 0 bridgehead atoms. The second-order valence-corrected chi connectivity index (χ2v) is 11.9. The topological polar surface area (TPSA) is 175 Å². The summed E-state index contributed by atoms with van der Waals surface area (Å²) in [4.78, 5) is 67.6. The van der Waals surface area contributed by atoms with Crippen molar-refractivity contribution < 1.29 is 39.3 Å². The number of aromatic hydroxyl groups is 1. The van der Waals surface area contributed by atoms with Gasteiger partial charge >= 0.3 is 0 Å². The first-order valence-electron chi connectivity index (χ1n) is 11.7. The van der Waals surface area contributed by atoms with Crippen molar-refractivity contribution in [2.75, 3.05) is 19.8 Å². The standard InChI is InChI=1S/C25H30N2O8S/c1-9(2)36-8-11-10-6-5-7-12(28)13(10)19(29)15-14(11)20(30)17-18(27(3)4)21(31)16(24(26)34)23(33)25(17,35)22(15)32/h5-7,9,11,14-18,20,28,30,35H,8H2,1-4H3,(H2,26,34)/t11-,14?,15?,16?,17?,18-,20-,25-/m0/s1. The maximum absolute atomic E-state index is 14.0. The second-order valence-electron chi connectivity index (χ2n) is 10.3. The monoisotopic (exact) mass is 518 g/mol. The van der Waals surface area contributed by atoms with Crippen molar-refractivity contribution >= 4 is 40.8 Å². The highest BCUT2D eigenvalue weighted by Crippen LogP contribution is 2.55. The molecule has 8 atom stereocenters. The summed E-state index contributed by atoms with van der Waals surface area (Å²) in [7, 11) is 2.93. The Bertz CT molecular complexity index is 1170. The van der Waals surface area contributed by atoms with Gasteiger partial charge in [-0.15, -0.1) is 0 Å². The molecule has 3 aliphatic carbocycles. The molecular formula is C25H30N2O8S. The van der Waals surface area contributed by atoms with Gasteiger partial charge in [-0.25, -0.2) is 0 Å². The number of carbonyl (C=O) groups excluding carboxylic acids is 5. The van der Waals surface area contributed by atoms with Gasteiger partial charge in [0, 0.05) is 17.6 Å². The molecule has 5 N–H and O–H groups in total. The van der Waals surface area contributed by atoms with Crippen molar-refractivity contribution in [1.29, 1.82) is 0 Å². The fraction of sp³-hybridized carbons (Fsp3) is 0.560. The number of amides is 1. The number of primary amides is 1. The normalized spacial score (nSPS) is 36.1. The van der Waals surface area contributed by atoms with Gasteiger partial charge in [-0.1, -0.05) is 26.0 Å². The maximum atomic E-state index is 14.0. The molecule has 0 spiro atoms. The first kappa shape index (κ1) is 26.5. The van der Waals surface area contributed by atoms with Gasteiger partial charge in [-0.2, -0.15) is 11.8 Å². The molecule has 3 aliphatic rings. The van der Waals surface area contributed by atoms with Crippen LogP contribution in [0.1, 0.15) is 35.7 Å². The van der Waals surface area contributed by atoms with E-state index in [1.165, 1.54) is 36.8 Å². The molecule has 36 heavy (non-hydrogen) atoms. The molecule has 1 aromatic carbocycles. The van der Waals surface area contributed by atoms with Crippen LogP contribution in [-0.4, -0.2) is 92.1 Å². The number of benzene rings is 1. The summed E-state index contributed by atoms with van der Waals surface area (Å²) < 4.78 is 0. The molecule has 2 saturated carbocycles. The average molecular weight is 519 g/mol. The van der Waals surface area contributed by atoms with Crippen LogP contribution < -0.4 is 5.73 Å². The minimum Gasteiger partial charge on any atom is -0.507 e. The predicted molar refractivity (Wildman–Crippen MR) is 129 cm³/mol. The number of aliphatic hydroxyl groups is 2. The Morgan fingerprint density at radius 3 is 2.36 bits per heavy atom. The van der Waals surface area contributed by atoms with Gasteiger partial charge in [-0.05, 0) is 31.0 Å². The van der Waals surface area contributed by atoms with Crippen molar-refractivity contribution in [1.82, 2.24) is 4.90 Å². The number of fused-ring (bicyclic) bond motifs is 3. The Kier molecular flexibility index (Phi) is 6.66. The van der Waals surface area contributed by atoms with Crippen molar-refractivity contribution in [3.05, 3.63) is 29.3 Å². The number of Topliss-reactive ketones (excluding diaryl/α,β-unsaturated/α-hetero) is 4. The highest BCUT2D eigenvalue weighted by atomic mass is 32.2. The number of phenolic OH excluding ortho intramolecular Hbond substituents is 1. The molecule has 0 aliphatic heterocycles. The molecule has 4 rings (SSSR count). The smallest absolute Gasteiger partial charge is 0.235 e. The number of ketones is 4. The number of likely N-dealkylation sites (N-methyl/N-ethyl adjacent to an activating group) is 1. The number of phenols is 1. The van der Waals surface area contributed by atoms with E-state index in [1.807, 2.05) is 13.8 Å². The zero-order chi connectivity index (χ0) is 26.9. The minimum absolute atomic E-state index is 0.0920. The van der Waals surface area contributed by atoms with E-state index >= 15 is 0 Å². The van der Waals surface area contributed by atoms with Gasteiger partial charge < -0.3 is 21.1 Å². The summed E-state index contributed by atoms with van der Waals surface area (Å²) in [5.74, 6) is -12.7. The highest BCUT2D eigenvalue weighted by Gasteiger charge is 2.73. The third-order valence-electron chi connectivity index (χ3n) is 7.76. The van der Waals surface area contributed by atoms with Crippen molar-refractivity contribution in [3.63, 3.8) is 0 Å². The quantitative estimate of drug-likeness (QED) is 0.373. The van der Waals surface area contributed by atoms with Crippen LogP contribution in [0.2, 0.25) is 0 Å². The maximum Gasteiger partial charge on any atom is 0.235 e. The number of hydrogen-bond donors (Lipinski definition) is 4. The molecule has 1 amide bonds. The van der Waals surface area contributed by atoms with Crippen LogP contribution in [0, 0.1) is 23.7 Å². The summed E-state index contributed by atoms with van der Waals surface area (Å²) in [6.07, 6.45) is -1.64. The Morgan fingerprint density at radius 1 is 1.17 bits per heavy atom. The molecule has 0 saturated heterocycles. The number of rotatable bonds is 5. The number of thioether (sulfide) groups is 1.